The van der Waals surface area contributed by atoms with Crippen LogP contribution in [-0.2, 0) is 0 Å². The maximum absolute atomic E-state index is 12.6. The van der Waals surface area contributed by atoms with Gasteiger partial charge in [0.25, 0.3) is 0 Å². The Morgan fingerprint density at radius 3 is 2.92 bits per heavy atom. The van der Waals surface area contributed by atoms with Crippen molar-refractivity contribution in [1.29, 1.82) is 0 Å². The molecule has 1 atom stereocenters. The maximum atomic E-state index is 12.6. The Hall–Kier alpha value is -0.630. The van der Waals surface area contributed by atoms with E-state index in [0.29, 0.717) is 0 Å². The van der Waals surface area contributed by atoms with Crippen LogP contribution >= 0.6 is 11.6 Å². The van der Waals surface area contributed by atoms with Gasteiger partial charge >= 0.3 is 0 Å². The van der Waals surface area contributed by atoms with E-state index in [1.54, 1.807) is 6.20 Å². The number of hydrogen-bond donors (Lipinski definition) is 0. The minimum atomic E-state index is -0.325. The third-order valence-electron chi connectivity index (χ3n) is 1.63. The van der Waals surface area contributed by atoms with Crippen LogP contribution in [0.5, 0.6) is 0 Å². The molecule has 1 aromatic rings. The predicted molar refractivity (Wildman–Crippen MR) is 47.7 cm³/mol. The van der Waals surface area contributed by atoms with Crippen molar-refractivity contribution in [1.82, 2.24) is 4.98 Å². The molecule has 0 bridgehead atoms. The van der Waals surface area contributed by atoms with Crippen molar-refractivity contribution in [3.8, 4) is 0 Å². The average Bonchev–Trinajstić information content (AvgIpc) is 2.05. The largest absolute Gasteiger partial charge is 0.261 e. The second-order valence-electron chi connectivity index (χ2n) is 2.69. The molecule has 1 nitrogen and oxygen atoms in total. The molecule has 0 radical (unpaired) electrons. The molecular weight excluding hydrogens is 177 g/mol. The van der Waals surface area contributed by atoms with Gasteiger partial charge in [-0.25, -0.2) is 4.39 Å². The Labute approximate surface area is 76.6 Å². The van der Waals surface area contributed by atoms with Crippen molar-refractivity contribution < 1.29 is 4.39 Å². The van der Waals surface area contributed by atoms with Crippen LogP contribution in [0.4, 0.5) is 4.39 Å². The minimum Gasteiger partial charge on any atom is -0.261 e. The first-order chi connectivity index (χ1) is 5.74. The first-order valence-electron chi connectivity index (χ1n) is 3.98. The van der Waals surface area contributed by atoms with Gasteiger partial charge in [-0.1, -0.05) is 13.3 Å². The highest BCUT2D eigenvalue weighted by molar-refractivity contribution is 6.20. The van der Waals surface area contributed by atoms with E-state index in [1.807, 2.05) is 6.92 Å². The van der Waals surface area contributed by atoms with Crippen LogP contribution in [0.25, 0.3) is 0 Å². The van der Waals surface area contributed by atoms with E-state index in [-0.39, 0.29) is 11.2 Å². The van der Waals surface area contributed by atoms with Crippen LogP contribution < -0.4 is 0 Å². The second kappa shape index (κ2) is 4.41. The molecule has 0 spiro atoms. The Balaban J connectivity index is 2.73. The Morgan fingerprint density at radius 2 is 2.33 bits per heavy atom. The van der Waals surface area contributed by atoms with Crippen LogP contribution in [0.1, 0.15) is 30.7 Å². The van der Waals surface area contributed by atoms with E-state index in [9.17, 15) is 4.39 Å². The molecule has 0 aromatic carbocycles. The number of pyridine rings is 1. The van der Waals surface area contributed by atoms with Crippen LogP contribution in [0.2, 0.25) is 0 Å². The second-order valence-corrected chi connectivity index (χ2v) is 3.22. The van der Waals surface area contributed by atoms with Crippen molar-refractivity contribution in [2.45, 2.75) is 25.1 Å². The molecule has 3 heteroatoms. The van der Waals surface area contributed by atoms with Crippen molar-refractivity contribution in [3.63, 3.8) is 0 Å². The van der Waals surface area contributed by atoms with Gasteiger partial charge in [0, 0.05) is 6.20 Å². The lowest BCUT2D eigenvalue weighted by Crippen LogP contribution is -1.92. The summed E-state index contributed by atoms with van der Waals surface area (Å²) in [6, 6.07) is 1.43. The molecule has 0 aliphatic carbocycles. The van der Waals surface area contributed by atoms with E-state index in [1.165, 1.54) is 12.3 Å². The predicted octanol–water partition coefficient (Wildman–Crippen LogP) is 3.30. The quantitative estimate of drug-likeness (QED) is 0.662. The average molecular weight is 188 g/mol. The summed E-state index contributed by atoms with van der Waals surface area (Å²) < 4.78 is 12.6. The topological polar surface area (TPSA) is 12.9 Å². The molecule has 0 saturated carbocycles. The third kappa shape index (κ3) is 2.45. The summed E-state index contributed by atoms with van der Waals surface area (Å²) in [4.78, 5) is 3.73. The Bertz CT molecular complexity index is 252. The fraction of sp³-hybridized carbons (Fsp3) is 0.444. The smallest absolute Gasteiger partial charge is 0.141 e. The fourth-order valence-corrected chi connectivity index (χ4v) is 1.36. The summed E-state index contributed by atoms with van der Waals surface area (Å²) in [5, 5.41) is -0.113. The summed E-state index contributed by atoms with van der Waals surface area (Å²) in [5.74, 6) is -0.325. The summed E-state index contributed by atoms with van der Waals surface area (Å²) in [6.07, 6.45) is 4.63. The SMILES string of the molecule is CCCC(Cl)c1cncc(F)c1. The molecular formula is C9H11ClFN. The molecule has 66 valence electrons. The lowest BCUT2D eigenvalue weighted by molar-refractivity contribution is 0.616. The van der Waals surface area contributed by atoms with E-state index < -0.39 is 0 Å². The Morgan fingerprint density at radius 1 is 1.58 bits per heavy atom. The van der Waals surface area contributed by atoms with Crippen LogP contribution in [0.15, 0.2) is 18.5 Å². The summed E-state index contributed by atoms with van der Waals surface area (Å²) >= 11 is 5.97. The standard InChI is InChI=1S/C9H11ClFN/c1-2-3-9(10)7-4-8(11)6-12-5-7/h4-6,9H,2-3H2,1H3. The monoisotopic (exact) mass is 187 g/mol. The first-order valence-corrected chi connectivity index (χ1v) is 4.42. The molecule has 0 fully saturated rings. The van der Waals surface area contributed by atoms with Gasteiger partial charge in [0.1, 0.15) is 5.82 Å². The number of nitrogens with zero attached hydrogens (tertiary/aromatic N) is 1. The van der Waals surface area contributed by atoms with E-state index >= 15 is 0 Å². The molecule has 0 amide bonds. The molecule has 1 rings (SSSR count). The zero-order valence-corrected chi connectivity index (χ0v) is 7.68. The van der Waals surface area contributed by atoms with Crippen molar-refractivity contribution in [3.05, 3.63) is 29.8 Å². The zero-order valence-electron chi connectivity index (χ0n) is 6.93. The Kier molecular flexibility index (Phi) is 3.48. The minimum absolute atomic E-state index is 0.113. The first kappa shape index (κ1) is 9.46. The van der Waals surface area contributed by atoms with E-state index in [2.05, 4.69) is 4.98 Å². The van der Waals surface area contributed by atoms with E-state index in [4.69, 9.17) is 11.6 Å². The molecule has 1 unspecified atom stereocenters. The normalized spacial score (nSPS) is 12.9. The molecule has 0 aliphatic heterocycles. The van der Waals surface area contributed by atoms with Crippen molar-refractivity contribution in [2.75, 3.05) is 0 Å². The highest BCUT2D eigenvalue weighted by Gasteiger charge is 2.07. The van der Waals surface area contributed by atoms with Crippen LogP contribution in [0, 0.1) is 5.82 Å². The molecule has 0 saturated heterocycles. The molecule has 12 heavy (non-hydrogen) atoms. The van der Waals surface area contributed by atoms with Gasteiger partial charge in [-0.2, -0.15) is 0 Å². The number of halogens is 2. The van der Waals surface area contributed by atoms with Crippen molar-refractivity contribution >= 4 is 11.6 Å². The number of alkyl halides is 1. The number of rotatable bonds is 3. The van der Waals surface area contributed by atoms with Gasteiger partial charge < -0.3 is 0 Å². The number of hydrogen-bond acceptors (Lipinski definition) is 1. The van der Waals surface area contributed by atoms with Gasteiger partial charge in [-0.15, -0.1) is 11.6 Å². The maximum Gasteiger partial charge on any atom is 0.141 e. The summed E-state index contributed by atoms with van der Waals surface area (Å²) in [6.45, 7) is 2.04. The van der Waals surface area contributed by atoms with Gasteiger partial charge in [0.15, 0.2) is 0 Å². The van der Waals surface area contributed by atoms with Crippen LogP contribution in [-0.4, -0.2) is 4.98 Å². The highest BCUT2D eigenvalue weighted by Crippen LogP contribution is 2.24. The third-order valence-corrected chi connectivity index (χ3v) is 2.10. The lowest BCUT2D eigenvalue weighted by atomic mass is 10.1. The lowest BCUT2D eigenvalue weighted by Gasteiger charge is -2.06. The molecule has 1 aromatic heterocycles. The van der Waals surface area contributed by atoms with Gasteiger partial charge in [-0.05, 0) is 18.1 Å². The van der Waals surface area contributed by atoms with Gasteiger partial charge in [-0.3, -0.25) is 4.98 Å². The van der Waals surface area contributed by atoms with Gasteiger partial charge in [0.05, 0.1) is 11.6 Å². The van der Waals surface area contributed by atoms with Crippen molar-refractivity contribution in [2.24, 2.45) is 0 Å². The zero-order chi connectivity index (χ0) is 8.97. The summed E-state index contributed by atoms with van der Waals surface area (Å²) in [5.41, 5.74) is 0.763. The molecule has 0 N–H and O–H groups in total. The van der Waals surface area contributed by atoms with Gasteiger partial charge in [0.2, 0.25) is 0 Å². The highest BCUT2D eigenvalue weighted by atomic mass is 35.5. The fourth-order valence-electron chi connectivity index (χ4n) is 1.02. The molecule has 1 heterocycles. The van der Waals surface area contributed by atoms with E-state index in [0.717, 1.165) is 18.4 Å². The molecule has 0 aliphatic rings. The summed E-state index contributed by atoms with van der Waals surface area (Å²) in [7, 11) is 0. The number of aromatic nitrogens is 1. The van der Waals surface area contributed by atoms with Crippen LogP contribution in [0.3, 0.4) is 0 Å².